The van der Waals surface area contributed by atoms with E-state index in [4.69, 9.17) is 5.11 Å². The van der Waals surface area contributed by atoms with E-state index in [-0.39, 0.29) is 12.6 Å². The lowest BCUT2D eigenvalue weighted by Gasteiger charge is -2.21. The molecule has 5 heteroatoms. The van der Waals surface area contributed by atoms with Gasteiger partial charge in [-0.25, -0.2) is 4.98 Å². The molecule has 1 atom stereocenters. The van der Waals surface area contributed by atoms with Crippen molar-refractivity contribution in [3.63, 3.8) is 0 Å². The van der Waals surface area contributed by atoms with Crippen molar-refractivity contribution in [2.24, 2.45) is 0 Å². The lowest BCUT2D eigenvalue weighted by Crippen LogP contribution is -2.31. The minimum Gasteiger partial charge on any atom is -0.394 e. The lowest BCUT2D eigenvalue weighted by molar-refractivity contribution is 0.270. The third kappa shape index (κ3) is 1.87. The number of hydrogen-bond donors (Lipinski definition) is 1. The maximum Gasteiger partial charge on any atom is 0.204 e. The van der Waals surface area contributed by atoms with Crippen LogP contribution in [0.2, 0.25) is 0 Å². The molecule has 1 N–H and O–H groups in total. The van der Waals surface area contributed by atoms with E-state index in [0.717, 1.165) is 5.13 Å². The van der Waals surface area contributed by atoms with Crippen LogP contribution in [0, 0.1) is 0 Å². The first kappa shape index (κ1) is 8.42. The van der Waals surface area contributed by atoms with Gasteiger partial charge < -0.3 is 10.0 Å². The Kier molecular flexibility index (Phi) is 2.78. The van der Waals surface area contributed by atoms with E-state index in [0.29, 0.717) is 0 Å². The van der Waals surface area contributed by atoms with Gasteiger partial charge in [0.05, 0.1) is 12.6 Å². The Morgan fingerprint density at radius 3 is 3.00 bits per heavy atom. The van der Waals surface area contributed by atoms with Crippen molar-refractivity contribution in [1.82, 2.24) is 9.36 Å². The Labute approximate surface area is 69.7 Å². The van der Waals surface area contributed by atoms with E-state index < -0.39 is 0 Å². The summed E-state index contributed by atoms with van der Waals surface area (Å²) < 4.78 is 3.87. The largest absolute Gasteiger partial charge is 0.394 e. The highest BCUT2D eigenvalue weighted by atomic mass is 32.1. The number of aliphatic hydroxyl groups is 1. The molecule has 0 saturated carbocycles. The van der Waals surface area contributed by atoms with E-state index >= 15 is 0 Å². The van der Waals surface area contributed by atoms with E-state index in [2.05, 4.69) is 9.36 Å². The van der Waals surface area contributed by atoms with E-state index in [1.165, 1.54) is 17.9 Å². The number of aliphatic hydroxyl groups excluding tert-OH is 1. The molecule has 0 fully saturated rings. The fourth-order valence-electron chi connectivity index (χ4n) is 0.634. The van der Waals surface area contributed by atoms with Crippen molar-refractivity contribution in [2.75, 3.05) is 18.6 Å². The lowest BCUT2D eigenvalue weighted by atomic mass is 10.3. The fraction of sp³-hybridized carbons (Fsp3) is 0.667. The molecule has 11 heavy (non-hydrogen) atoms. The number of anilines is 1. The molecule has 0 aromatic carbocycles. The van der Waals surface area contributed by atoms with Crippen LogP contribution >= 0.6 is 11.5 Å². The number of rotatable bonds is 3. The van der Waals surface area contributed by atoms with Gasteiger partial charge >= 0.3 is 0 Å². The Balaban J connectivity index is 2.62. The zero-order chi connectivity index (χ0) is 8.27. The standard InChI is InChI=1S/C6H11N3OS/c1-5(3-10)9(2)6-7-4-8-11-6/h4-5,10H,3H2,1-2H3/t5-/m0/s1. The minimum atomic E-state index is 0.1000. The highest BCUT2D eigenvalue weighted by Crippen LogP contribution is 2.14. The Hall–Kier alpha value is -0.680. The summed E-state index contributed by atoms with van der Waals surface area (Å²) in [5.74, 6) is 0. The molecular formula is C6H11N3OS. The monoisotopic (exact) mass is 173 g/mol. The van der Waals surface area contributed by atoms with Gasteiger partial charge in [-0.1, -0.05) is 0 Å². The normalized spacial score (nSPS) is 13.0. The first-order valence-electron chi connectivity index (χ1n) is 3.36. The minimum absolute atomic E-state index is 0.1000. The van der Waals surface area contributed by atoms with Gasteiger partial charge in [-0.15, -0.1) is 0 Å². The first-order valence-corrected chi connectivity index (χ1v) is 4.13. The molecule has 1 heterocycles. The zero-order valence-electron chi connectivity index (χ0n) is 6.56. The predicted octanol–water partition coefficient (Wildman–Crippen LogP) is 0.355. The van der Waals surface area contributed by atoms with E-state index in [1.54, 1.807) is 0 Å². The average molecular weight is 173 g/mol. The van der Waals surface area contributed by atoms with Crippen LogP contribution in [0.1, 0.15) is 6.92 Å². The summed E-state index contributed by atoms with van der Waals surface area (Å²) in [5, 5.41) is 9.66. The second kappa shape index (κ2) is 3.64. The SMILES string of the molecule is C[C@@H](CO)N(C)c1ncns1. The Morgan fingerprint density at radius 2 is 2.55 bits per heavy atom. The van der Waals surface area contributed by atoms with Crippen LogP contribution in [-0.4, -0.2) is 34.2 Å². The molecule has 62 valence electrons. The summed E-state index contributed by atoms with van der Waals surface area (Å²) in [7, 11) is 1.89. The van der Waals surface area contributed by atoms with Gasteiger partial charge in [0.25, 0.3) is 0 Å². The van der Waals surface area contributed by atoms with Crippen LogP contribution in [0.4, 0.5) is 5.13 Å². The molecule has 4 nitrogen and oxygen atoms in total. The molecule has 0 aliphatic rings. The molecule has 0 unspecified atom stereocenters. The predicted molar refractivity (Wildman–Crippen MR) is 44.9 cm³/mol. The molecule has 0 spiro atoms. The van der Waals surface area contributed by atoms with Crippen molar-refractivity contribution in [1.29, 1.82) is 0 Å². The molecule has 0 bridgehead atoms. The van der Waals surface area contributed by atoms with Crippen LogP contribution in [0.15, 0.2) is 6.33 Å². The van der Waals surface area contributed by atoms with Crippen LogP contribution < -0.4 is 4.90 Å². The quantitative estimate of drug-likeness (QED) is 0.716. The third-order valence-electron chi connectivity index (χ3n) is 1.58. The Bertz CT molecular complexity index is 202. The summed E-state index contributed by atoms with van der Waals surface area (Å²) in [4.78, 5) is 5.91. The second-order valence-corrected chi connectivity index (χ2v) is 3.12. The van der Waals surface area contributed by atoms with Crippen molar-refractivity contribution in [2.45, 2.75) is 13.0 Å². The highest BCUT2D eigenvalue weighted by molar-refractivity contribution is 7.09. The van der Waals surface area contributed by atoms with Crippen molar-refractivity contribution in [3.05, 3.63) is 6.33 Å². The molecule has 0 radical (unpaired) electrons. The summed E-state index contributed by atoms with van der Waals surface area (Å²) >= 11 is 1.33. The van der Waals surface area contributed by atoms with Gasteiger partial charge in [0.15, 0.2) is 0 Å². The molecule has 1 aromatic rings. The van der Waals surface area contributed by atoms with Crippen molar-refractivity contribution in [3.8, 4) is 0 Å². The number of nitrogens with zero attached hydrogens (tertiary/aromatic N) is 3. The molecule has 0 saturated heterocycles. The average Bonchev–Trinajstić information content (AvgIpc) is 2.53. The molecule has 1 rings (SSSR count). The highest BCUT2D eigenvalue weighted by Gasteiger charge is 2.10. The van der Waals surface area contributed by atoms with Crippen molar-refractivity contribution >= 4 is 16.7 Å². The van der Waals surface area contributed by atoms with E-state index in [1.807, 2.05) is 18.9 Å². The van der Waals surface area contributed by atoms with Crippen LogP contribution in [0.5, 0.6) is 0 Å². The van der Waals surface area contributed by atoms with Gasteiger partial charge in [-0.3, -0.25) is 0 Å². The summed E-state index contributed by atoms with van der Waals surface area (Å²) in [6.07, 6.45) is 1.51. The smallest absolute Gasteiger partial charge is 0.204 e. The van der Waals surface area contributed by atoms with Gasteiger partial charge in [0.1, 0.15) is 6.33 Å². The third-order valence-corrected chi connectivity index (χ3v) is 2.33. The van der Waals surface area contributed by atoms with Crippen LogP contribution in [0.25, 0.3) is 0 Å². The van der Waals surface area contributed by atoms with Gasteiger partial charge in [-0.05, 0) is 6.92 Å². The van der Waals surface area contributed by atoms with E-state index in [9.17, 15) is 0 Å². The fourth-order valence-corrected chi connectivity index (χ4v) is 1.23. The molecule has 0 aliphatic heterocycles. The topological polar surface area (TPSA) is 49.2 Å². The van der Waals surface area contributed by atoms with Crippen LogP contribution in [-0.2, 0) is 0 Å². The first-order chi connectivity index (χ1) is 5.25. The maximum atomic E-state index is 8.82. The number of likely N-dealkylation sites (N-methyl/N-ethyl adjacent to an activating group) is 1. The molecule has 0 aliphatic carbocycles. The maximum absolute atomic E-state index is 8.82. The van der Waals surface area contributed by atoms with Crippen molar-refractivity contribution < 1.29 is 5.11 Å². The summed E-state index contributed by atoms with van der Waals surface area (Å²) in [6, 6.07) is 0.1000. The second-order valence-electron chi connectivity index (χ2n) is 2.37. The number of hydrogen-bond acceptors (Lipinski definition) is 5. The summed E-state index contributed by atoms with van der Waals surface area (Å²) in [6.45, 7) is 2.07. The van der Waals surface area contributed by atoms with Gasteiger partial charge in [0.2, 0.25) is 5.13 Å². The number of aromatic nitrogens is 2. The molecule has 0 amide bonds. The summed E-state index contributed by atoms with van der Waals surface area (Å²) in [5.41, 5.74) is 0. The zero-order valence-corrected chi connectivity index (χ0v) is 7.38. The molecule has 1 aromatic heterocycles. The Morgan fingerprint density at radius 1 is 1.82 bits per heavy atom. The van der Waals surface area contributed by atoms with Crippen LogP contribution in [0.3, 0.4) is 0 Å². The molecular weight excluding hydrogens is 162 g/mol. The van der Waals surface area contributed by atoms with Gasteiger partial charge in [-0.2, -0.15) is 4.37 Å². The van der Waals surface area contributed by atoms with Gasteiger partial charge in [0, 0.05) is 18.6 Å².